The van der Waals surface area contributed by atoms with Gasteiger partial charge in [-0.25, -0.2) is 4.79 Å². The normalized spacial score (nSPS) is 18.1. The summed E-state index contributed by atoms with van der Waals surface area (Å²) < 4.78 is 6.25. The van der Waals surface area contributed by atoms with Gasteiger partial charge in [0.1, 0.15) is 4.88 Å². The Kier molecular flexibility index (Phi) is 5.69. The molecule has 2 aromatic carbocycles. The minimum Gasteiger partial charge on any atom is -0.465 e. The quantitative estimate of drug-likeness (QED) is 0.367. The minimum atomic E-state index is -0.251. The van der Waals surface area contributed by atoms with Crippen LogP contribution < -0.4 is 5.32 Å². The number of ether oxygens (including phenoxy) is 1. The van der Waals surface area contributed by atoms with Crippen molar-refractivity contribution >= 4 is 38.3 Å². The van der Waals surface area contributed by atoms with Crippen LogP contribution in [0.5, 0.6) is 0 Å². The second kappa shape index (κ2) is 8.66. The van der Waals surface area contributed by atoms with Crippen LogP contribution in [-0.2, 0) is 17.6 Å². The summed E-state index contributed by atoms with van der Waals surface area (Å²) in [6.45, 7) is 3.14. The lowest BCUT2D eigenvalue weighted by molar-refractivity contribution is 0.0605. The van der Waals surface area contributed by atoms with E-state index >= 15 is 0 Å². The van der Waals surface area contributed by atoms with E-state index in [1.54, 1.807) is 0 Å². The van der Waals surface area contributed by atoms with Crippen LogP contribution in [-0.4, -0.2) is 30.1 Å². The van der Waals surface area contributed by atoms with Gasteiger partial charge in [0, 0.05) is 26.8 Å². The number of fused-ring (bicyclic) bond motifs is 2. The van der Waals surface area contributed by atoms with Gasteiger partial charge in [-0.1, -0.05) is 24.3 Å². The zero-order valence-electron chi connectivity index (χ0n) is 19.0. The fourth-order valence-corrected chi connectivity index (χ4v) is 6.41. The SMILES string of the molecule is COC(=O)c1sc2ccccc2c1C[C@@]1(CCc2[nH]c3cc(C#N)ccc3c2C)CCCN1. The first-order valence-corrected chi connectivity index (χ1v) is 12.2. The summed E-state index contributed by atoms with van der Waals surface area (Å²) in [6.07, 6.45) is 4.89. The lowest BCUT2D eigenvalue weighted by Gasteiger charge is -2.30. The number of methoxy groups -OCH3 is 1. The number of hydrogen-bond acceptors (Lipinski definition) is 5. The molecule has 2 N–H and O–H groups in total. The molecule has 1 aliphatic heterocycles. The van der Waals surface area contributed by atoms with E-state index in [9.17, 15) is 10.1 Å². The van der Waals surface area contributed by atoms with Gasteiger partial charge in [0.05, 0.1) is 18.7 Å². The predicted octanol–water partition coefficient (Wildman–Crippen LogP) is 5.65. The molecule has 5 rings (SSSR count). The number of hydrogen-bond donors (Lipinski definition) is 2. The number of esters is 1. The molecule has 1 saturated heterocycles. The Bertz CT molecular complexity index is 1390. The molecular formula is C27H27N3O2S. The highest BCUT2D eigenvalue weighted by Gasteiger charge is 2.36. The molecule has 0 spiro atoms. The molecule has 0 bridgehead atoms. The van der Waals surface area contributed by atoms with Crippen molar-refractivity contribution in [2.75, 3.05) is 13.7 Å². The van der Waals surface area contributed by atoms with Crippen LogP contribution in [0.15, 0.2) is 42.5 Å². The van der Waals surface area contributed by atoms with E-state index in [2.05, 4.69) is 35.4 Å². The maximum Gasteiger partial charge on any atom is 0.348 e. The molecule has 168 valence electrons. The zero-order chi connectivity index (χ0) is 23.0. The van der Waals surface area contributed by atoms with E-state index < -0.39 is 0 Å². The molecule has 0 radical (unpaired) electrons. The van der Waals surface area contributed by atoms with E-state index in [-0.39, 0.29) is 11.5 Å². The smallest absolute Gasteiger partial charge is 0.348 e. The number of nitrogens with one attached hydrogen (secondary N) is 2. The molecule has 0 saturated carbocycles. The standard InChI is InChI=1S/C27H27N3O2S/c1-17-19-9-8-18(16-28)14-23(19)30-22(17)10-12-27(11-5-13-29-27)15-21-20-6-3-4-7-24(20)33-25(21)26(31)32-2/h3-4,6-9,14,29-30H,5,10-13,15H2,1-2H3/t27-/m0/s1. The largest absolute Gasteiger partial charge is 0.465 e. The van der Waals surface area contributed by atoms with Crippen LogP contribution >= 0.6 is 11.3 Å². The maximum absolute atomic E-state index is 12.6. The molecule has 5 nitrogen and oxygen atoms in total. The Labute approximate surface area is 197 Å². The highest BCUT2D eigenvalue weighted by atomic mass is 32.1. The minimum absolute atomic E-state index is 0.0613. The molecule has 4 aromatic rings. The lowest BCUT2D eigenvalue weighted by atomic mass is 9.83. The van der Waals surface area contributed by atoms with Crippen LogP contribution in [0.25, 0.3) is 21.0 Å². The summed E-state index contributed by atoms with van der Waals surface area (Å²) in [5, 5.41) is 15.4. The van der Waals surface area contributed by atoms with Gasteiger partial charge in [0.2, 0.25) is 0 Å². The number of carbonyl (C=O) groups excluding carboxylic acids is 1. The first kappa shape index (κ1) is 21.7. The van der Waals surface area contributed by atoms with Crippen molar-refractivity contribution in [1.29, 1.82) is 5.26 Å². The third kappa shape index (κ3) is 3.92. The van der Waals surface area contributed by atoms with E-state index in [0.717, 1.165) is 64.7 Å². The number of aromatic nitrogens is 1. The van der Waals surface area contributed by atoms with Crippen LogP contribution in [0.3, 0.4) is 0 Å². The van der Waals surface area contributed by atoms with Crippen molar-refractivity contribution in [3.63, 3.8) is 0 Å². The molecule has 33 heavy (non-hydrogen) atoms. The van der Waals surface area contributed by atoms with E-state index in [1.807, 2.05) is 30.3 Å². The molecule has 3 heterocycles. The van der Waals surface area contributed by atoms with Gasteiger partial charge in [0.25, 0.3) is 0 Å². The van der Waals surface area contributed by atoms with Gasteiger partial charge in [-0.15, -0.1) is 11.3 Å². The van der Waals surface area contributed by atoms with Crippen molar-refractivity contribution < 1.29 is 9.53 Å². The van der Waals surface area contributed by atoms with Crippen molar-refractivity contribution in [2.45, 2.75) is 44.6 Å². The van der Waals surface area contributed by atoms with E-state index in [4.69, 9.17) is 4.74 Å². The maximum atomic E-state index is 12.6. The Morgan fingerprint density at radius 1 is 1.24 bits per heavy atom. The molecule has 1 aliphatic rings. The average molecular weight is 458 g/mol. The predicted molar refractivity (Wildman–Crippen MR) is 133 cm³/mol. The average Bonchev–Trinajstić information content (AvgIpc) is 3.54. The second-order valence-corrected chi connectivity index (χ2v) is 10.0. The summed E-state index contributed by atoms with van der Waals surface area (Å²) >= 11 is 1.53. The number of aromatic amines is 1. The summed E-state index contributed by atoms with van der Waals surface area (Å²) in [7, 11) is 1.45. The highest BCUT2D eigenvalue weighted by molar-refractivity contribution is 7.21. The third-order valence-electron chi connectivity index (χ3n) is 7.06. The number of H-pyrrole nitrogens is 1. The van der Waals surface area contributed by atoms with Gasteiger partial charge in [-0.05, 0) is 80.3 Å². The van der Waals surface area contributed by atoms with Crippen molar-refractivity contribution in [3.8, 4) is 6.07 Å². The van der Waals surface area contributed by atoms with Gasteiger partial charge in [-0.2, -0.15) is 5.26 Å². The lowest BCUT2D eigenvalue weighted by Crippen LogP contribution is -2.42. The van der Waals surface area contributed by atoms with Gasteiger partial charge >= 0.3 is 5.97 Å². The van der Waals surface area contributed by atoms with Crippen molar-refractivity contribution in [1.82, 2.24) is 10.3 Å². The van der Waals surface area contributed by atoms with E-state index in [1.165, 1.54) is 35.1 Å². The number of nitrogens with zero attached hydrogens (tertiary/aromatic N) is 1. The van der Waals surface area contributed by atoms with Crippen LogP contribution in [0.4, 0.5) is 0 Å². The van der Waals surface area contributed by atoms with Crippen LogP contribution in [0.2, 0.25) is 0 Å². The molecule has 0 unspecified atom stereocenters. The molecule has 0 amide bonds. The summed E-state index contributed by atoms with van der Waals surface area (Å²) in [5.41, 5.74) is 5.20. The number of nitriles is 1. The number of thiophene rings is 1. The second-order valence-electron chi connectivity index (χ2n) is 8.99. The molecule has 0 aliphatic carbocycles. The Hall–Kier alpha value is -3.14. The number of benzene rings is 2. The number of aryl methyl sites for hydroxylation is 2. The zero-order valence-corrected chi connectivity index (χ0v) is 19.8. The summed E-state index contributed by atoms with van der Waals surface area (Å²) in [6, 6.07) is 16.3. The van der Waals surface area contributed by atoms with Crippen molar-refractivity contribution in [3.05, 3.63) is 69.7 Å². The highest BCUT2D eigenvalue weighted by Crippen LogP contribution is 2.38. The number of rotatable bonds is 6. The van der Waals surface area contributed by atoms with E-state index in [0.29, 0.717) is 5.56 Å². The van der Waals surface area contributed by atoms with Gasteiger partial charge in [-0.3, -0.25) is 0 Å². The fraction of sp³-hybridized carbons (Fsp3) is 0.333. The summed E-state index contributed by atoms with van der Waals surface area (Å²) in [4.78, 5) is 16.9. The molecule has 2 aromatic heterocycles. The first-order valence-electron chi connectivity index (χ1n) is 11.4. The third-order valence-corrected chi connectivity index (χ3v) is 8.25. The molecular weight excluding hydrogens is 430 g/mol. The molecule has 1 atom stereocenters. The topological polar surface area (TPSA) is 77.9 Å². The van der Waals surface area contributed by atoms with Crippen molar-refractivity contribution in [2.24, 2.45) is 0 Å². The molecule has 1 fully saturated rings. The first-order chi connectivity index (χ1) is 16.0. The van der Waals surface area contributed by atoms with Gasteiger partial charge < -0.3 is 15.0 Å². The Morgan fingerprint density at radius 2 is 2.09 bits per heavy atom. The Morgan fingerprint density at radius 3 is 2.85 bits per heavy atom. The fourth-order valence-electron chi connectivity index (χ4n) is 5.27. The molecule has 6 heteroatoms. The Balaban J connectivity index is 1.46. The number of carbonyl (C=O) groups is 1. The van der Waals surface area contributed by atoms with Gasteiger partial charge in [0.15, 0.2) is 0 Å². The monoisotopic (exact) mass is 457 g/mol. The van der Waals surface area contributed by atoms with Crippen LogP contribution in [0, 0.1) is 18.3 Å². The summed E-state index contributed by atoms with van der Waals surface area (Å²) in [5.74, 6) is -0.251. The van der Waals surface area contributed by atoms with Crippen LogP contribution in [0.1, 0.15) is 51.3 Å².